The molecule has 2 aromatic rings. The molecule has 1 atom stereocenters. The number of ketones is 1. The van der Waals surface area contributed by atoms with Gasteiger partial charge in [0.15, 0.2) is 5.78 Å². The molecule has 0 fully saturated rings. The maximum Gasteiger partial charge on any atom is 0.222 e. The maximum atomic E-state index is 12.2. The second-order valence-corrected chi connectivity index (χ2v) is 6.46. The fourth-order valence-electron chi connectivity index (χ4n) is 3.46. The Balaban J connectivity index is 1.55. The van der Waals surface area contributed by atoms with Crippen molar-refractivity contribution in [2.45, 2.75) is 59.0 Å². The molecular formula is C17H23N5O2. The zero-order valence-corrected chi connectivity index (χ0v) is 14.3. The Morgan fingerprint density at radius 1 is 1.42 bits per heavy atom. The van der Waals surface area contributed by atoms with Gasteiger partial charge in [0.2, 0.25) is 5.91 Å². The second kappa shape index (κ2) is 6.59. The van der Waals surface area contributed by atoms with Gasteiger partial charge in [-0.2, -0.15) is 10.2 Å². The van der Waals surface area contributed by atoms with E-state index in [0.717, 1.165) is 36.3 Å². The van der Waals surface area contributed by atoms with E-state index in [1.54, 1.807) is 11.6 Å². The maximum absolute atomic E-state index is 12.2. The normalized spacial score (nSPS) is 16.7. The molecule has 2 N–H and O–H groups in total. The van der Waals surface area contributed by atoms with Crippen LogP contribution in [-0.4, -0.2) is 37.7 Å². The van der Waals surface area contributed by atoms with Crippen molar-refractivity contribution in [3.05, 3.63) is 34.4 Å². The smallest absolute Gasteiger partial charge is 0.222 e. The monoisotopic (exact) mass is 329 g/mol. The van der Waals surface area contributed by atoms with Gasteiger partial charge in [-0.3, -0.25) is 19.4 Å². The van der Waals surface area contributed by atoms with Gasteiger partial charge in [0.25, 0.3) is 0 Å². The van der Waals surface area contributed by atoms with Crippen LogP contribution in [0, 0.1) is 13.8 Å². The summed E-state index contributed by atoms with van der Waals surface area (Å²) in [4.78, 5) is 23.9. The SMILES string of the molecule is CC(=O)c1c(C)nn(CCC(=O)N[C@H]2CCc3cn[nH]c3C2)c1C. The minimum Gasteiger partial charge on any atom is -0.353 e. The highest BCUT2D eigenvalue weighted by molar-refractivity contribution is 5.96. The van der Waals surface area contributed by atoms with E-state index in [1.807, 2.05) is 20.0 Å². The molecule has 0 aromatic carbocycles. The molecule has 7 nitrogen and oxygen atoms in total. The Hall–Kier alpha value is -2.44. The molecule has 128 valence electrons. The lowest BCUT2D eigenvalue weighted by Gasteiger charge is -2.22. The van der Waals surface area contributed by atoms with Crippen LogP contribution in [-0.2, 0) is 24.2 Å². The number of aryl methyl sites for hydroxylation is 3. The lowest BCUT2D eigenvalue weighted by atomic mass is 9.94. The van der Waals surface area contributed by atoms with Gasteiger partial charge in [-0.25, -0.2) is 0 Å². The van der Waals surface area contributed by atoms with Crippen LogP contribution in [0.4, 0.5) is 0 Å². The van der Waals surface area contributed by atoms with Gasteiger partial charge in [0.05, 0.1) is 17.5 Å². The molecule has 3 rings (SSSR count). The molecule has 24 heavy (non-hydrogen) atoms. The molecule has 0 radical (unpaired) electrons. The van der Waals surface area contributed by atoms with Gasteiger partial charge in [-0.1, -0.05) is 0 Å². The summed E-state index contributed by atoms with van der Waals surface area (Å²) in [6.07, 6.45) is 4.90. The van der Waals surface area contributed by atoms with Gasteiger partial charge in [-0.15, -0.1) is 0 Å². The van der Waals surface area contributed by atoms with Crippen molar-refractivity contribution in [1.82, 2.24) is 25.3 Å². The number of nitrogens with one attached hydrogen (secondary N) is 2. The van der Waals surface area contributed by atoms with Crippen LogP contribution < -0.4 is 5.32 Å². The van der Waals surface area contributed by atoms with Crippen LogP contribution in [0.2, 0.25) is 0 Å². The summed E-state index contributed by atoms with van der Waals surface area (Å²) in [6.45, 7) is 5.72. The fourth-order valence-corrected chi connectivity index (χ4v) is 3.46. The highest BCUT2D eigenvalue weighted by Gasteiger charge is 2.22. The van der Waals surface area contributed by atoms with Crippen molar-refractivity contribution < 1.29 is 9.59 Å². The molecule has 0 spiro atoms. The third-order valence-electron chi connectivity index (χ3n) is 4.67. The quantitative estimate of drug-likeness (QED) is 0.813. The van der Waals surface area contributed by atoms with Crippen LogP contribution >= 0.6 is 0 Å². The van der Waals surface area contributed by atoms with E-state index in [0.29, 0.717) is 18.5 Å². The first-order valence-corrected chi connectivity index (χ1v) is 8.31. The first kappa shape index (κ1) is 16.4. The summed E-state index contributed by atoms with van der Waals surface area (Å²) in [5, 5.41) is 14.5. The summed E-state index contributed by atoms with van der Waals surface area (Å²) < 4.78 is 1.75. The average molecular weight is 329 g/mol. The van der Waals surface area contributed by atoms with E-state index in [-0.39, 0.29) is 17.7 Å². The predicted molar refractivity (Wildman–Crippen MR) is 88.9 cm³/mol. The van der Waals surface area contributed by atoms with E-state index in [2.05, 4.69) is 20.6 Å². The van der Waals surface area contributed by atoms with Crippen molar-refractivity contribution in [3.8, 4) is 0 Å². The number of aromatic nitrogens is 4. The molecular weight excluding hydrogens is 306 g/mol. The predicted octanol–water partition coefficient (Wildman–Crippen LogP) is 1.49. The number of carbonyl (C=O) groups excluding carboxylic acids is 2. The van der Waals surface area contributed by atoms with Crippen LogP contribution in [0.5, 0.6) is 0 Å². The number of fused-ring (bicyclic) bond motifs is 1. The number of aromatic amines is 1. The van der Waals surface area contributed by atoms with E-state index in [1.165, 1.54) is 5.56 Å². The summed E-state index contributed by atoms with van der Waals surface area (Å²) >= 11 is 0. The number of hydrogen-bond acceptors (Lipinski definition) is 4. The van der Waals surface area contributed by atoms with Crippen molar-refractivity contribution in [2.75, 3.05) is 0 Å². The first-order valence-electron chi connectivity index (χ1n) is 8.31. The second-order valence-electron chi connectivity index (χ2n) is 6.46. The molecule has 0 aliphatic heterocycles. The lowest BCUT2D eigenvalue weighted by molar-refractivity contribution is -0.122. The van der Waals surface area contributed by atoms with Crippen molar-refractivity contribution in [1.29, 1.82) is 0 Å². The number of rotatable bonds is 5. The molecule has 0 unspecified atom stereocenters. The average Bonchev–Trinajstić information content (AvgIpc) is 3.08. The van der Waals surface area contributed by atoms with Gasteiger partial charge in [-0.05, 0) is 39.2 Å². The third-order valence-corrected chi connectivity index (χ3v) is 4.67. The number of hydrogen-bond donors (Lipinski definition) is 2. The molecule has 1 amide bonds. The van der Waals surface area contributed by atoms with Crippen molar-refractivity contribution in [3.63, 3.8) is 0 Å². The first-order chi connectivity index (χ1) is 11.5. The molecule has 7 heteroatoms. The number of Topliss-reactive ketones (excluding diaryl/α,β-unsaturated/α-hetero) is 1. The molecule has 2 aromatic heterocycles. The topological polar surface area (TPSA) is 92.7 Å². The number of H-pyrrole nitrogens is 1. The van der Waals surface area contributed by atoms with E-state index in [9.17, 15) is 9.59 Å². The highest BCUT2D eigenvalue weighted by Crippen LogP contribution is 2.19. The summed E-state index contributed by atoms with van der Waals surface area (Å²) in [6, 6.07) is 0.152. The summed E-state index contributed by atoms with van der Waals surface area (Å²) in [5.74, 6) is 0.0261. The molecule has 1 aliphatic carbocycles. The Labute approximate surface area is 140 Å². The van der Waals surface area contributed by atoms with Gasteiger partial charge in [0.1, 0.15) is 0 Å². The standard InChI is InChI=1S/C17H23N5O2/c1-10-17(12(3)23)11(2)22(21-10)7-6-16(24)19-14-5-4-13-9-18-20-15(13)8-14/h9,14H,4-8H2,1-3H3,(H,18,20)(H,19,24)/t14-/m0/s1. The Bertz CT molecular complexity index is 774. The Morgan fingerprint density at radius 3 is 2.92 bits per heavy atom. The van der Waals surface area contributed by atoms with Gasteiger partial charge in [0, 0.05) is 36.8 Å². The Kier molecular flexibility index (Phi) is 4.51. The van der Waals surface area contributed by atoms with Gasteiger partial charge >= 0.3 is 0 Å². The van der Waals surface area contributed by atoms with Gasteiger partial charge < -0.3 is 5.32 Å². The number of amides is 1. The highest BCUT2D eigenvalue weighted by atomic mass is 16.1. The number of carbonyl (C=O) groups is 2. The minimum atomic E-state index is 0.0123. The zero-order chi connectivity index (χ0) is 17.3. The van der Waals surface area contributed by atoms with Crippen LogP contribution in [0.3, 0.4) is 0 Å². The molecule has 0 bridgehead atoms. The lowest BCUT2D eigenvalue weighted by Crippen LogP contribution is -2.39. The molecule has 0 saturated carbocycles. The molecule has 0 saturated heterocycles. The third kappa shape index (κ3) is 3.25. The Morgan fingerprint density at radius 2 is 2.21 bits per heavy atom. The van der Waals surface area contributed by atoms with Crippen molar-refractivity contribution >= 4 is 11.7 Å². The van der Waals surface area contributed by atoms with Crippen LogP contribution in [0.15, 0.2) is 6.20 Å². The fraction of sp³-hybridized carbons (Fsp3) is 0.529. The largest absolute Gasteiger partial charge is 0.353 e. The summed E-state index contributed by atoms with van der Waals surface area (Å²) in [5.41, 5.74) is 4.58. The van der Waals surface area contributed by atoms with E-state index >= 15 is 0 Å². The molecule has 1 aliphatic rings. The zero-order valence-electron chi connectivity index (χ0n) is 14.3. The molecule has 2 heterocycles. The van der Waals surface area contributed by atoms with Crippen LogP contribution in [0.25, 0.3) is 0 Å². The number of nitrogens with zero attached hydrogens (tertiary/aromatic N) is 3. The van der Waals surface area contributed by atoms with Crippen LogP contribution in [0.1, 0.15) is 52.8 Å². The minimum absolute atomic E-state index is 0.0123. The van der Waals surface area contributed by atoms with E-state index in [4.69, 9.17) is 0 Å². The van der Waals surface area contributed by atoms with E-state index < -0.39 is 0 Å². The van der Waals surface area contributed by atoms with Crippen molar-refractivity contribution in [2.24, 2.45) is 0 Å². The summed E-state index contributed by atoms with van der Waals surface area (Å²) in [7, 11) is 0.